The number of nitrogen functional groups attached to an aromatic ring is 1. The van der Waals surface area contributed by atoms with Crippen LogP contribution in [-0.4, -0.2) is 107 Å². The number of aliphatic carboxylic acids is 1. The van der Waals surface area contributed by atoms with Gasteiger partial charge in [0.2, 0.25) is 0 Å². The highest BCUT2D eigenvalue weighted by atomic mass is 32.2. The number of nitrogens with two attached hydrogens (primary N) is 1. The second-order valence-electron chi connectivity index (χ2n) is 11.8. The predicted molar refractivity (Wildman–Crippen MR) is 152 cm³/mol. The molecule has 5 atom stereocenters. The molecular formula is C26H41N7O7S. The van der Waals surface area contributed by atoms with Gasteiger partial charge in [-0.1, -0.05) is 0 Å². The molecule has 2 aliphatic heterocycles. The second kappa shape index (κ2) is 12.7. The van der Waals surface area contributed by atoms with Gasteiger partial charge < -0.3 is 35.5 Å². The number of rotatable bonds is 10. The van der Waals surface area contributed by atoms with Crippen molar-refractivity contribution in [3.8, 4) is 0 Å². The van der Waals surface area contributed by atoms with Gasteiger partial charge in [-0.25, -0.2) is 19.7 Å². The van der Waals surface area contributed by atoms with Gasteiger partial charge in [-0.2, -0.15) is 11.8 Å². The third kappa shape index (κ3) is 8.41. The number of likely N-dealkylation sites (tertiary alicyclic amines) is 1. The van der Waals surface area contributed by atoms with Crippen LogP contribution in [0.5, 0.6) is 0 Å². The third-order valence-corrected chi connectivity index (χ3v) is 8.25. The molecule has 0 aromatic carbocycles. The molecule has 2 saturated heterocycles. The number of hydrogen-bond acceptors (Lipinski definition) is 12. The molecule has 2 fully saturated rings. The number of piperidine rings is 1. The van der Waals surface area contributed by atoms with Crippen molar-refractivity contribution >= 4 is 40.8 Å². The van der Waals surface area contributed by atoms with E-state index in [0.717, 1.165) is 6.42 Å². The molecule has 41 heavy (non-hydrogen) atoms. The molecule has 5 N–H and O–H groups in total. The topological polar surface area (TPSA) is 187 Å². The van der Waals surface area contributed by atoms with E-state index in [2.05, 4.69) is 20.3 Å². The van der Waals surface area contributed by atoms with E-state index < -0.39 is 41.8 Å². The number of ether oxygens (including phenoxy) is 3. The smallest absolute Gasteiger partial charge is 0.407 e. The summed E-state index contributed by atoms with van der Waals surface area (Å²) in [6.07, 6.45) is 2.99. The van der Waals surface area contributed by atoms with Crippen molar-refractivity contribution in [2.45, 2.75) is 95.0 Å². The van der Waals surface area contributed by atoms with Crippen LogP contribution >= 0.6 is 11.8 Å². The second-order valence-corrected chi connectivity index (χ2v) is 13.2. The standard InChI is InChI=1S/C26H41N7O7S/c1-25(2,3)40-24(36)28-7-9-32-8-6-15(10-16(32)23(34)35)41-12-18-17(39-26(4,5)37)11-19(38-18)33-14-31-20-21(27)29-13-30-22(20)33/h13-19,37H,6-12H2,1-5H3,(H,28,36)(H,34,35)(H2,27,29,30)/t15?,16?,17-,18-,19-/m1/s1. The number of carbonyl (C=O) groups excluding carboxylic acids is 1. The molecule has 2 aliphatic rings. The Morgan fingerprint density at radius 3 is 2.66 bits per heavy atom. The van der Waals surface area contributed by atoms with Crippen LogP contribution < -0.4 is 11.1 Å². The van der Waals surface area contributed by atoms with Gasteiger partial charge in [0.1, 0.15) is 29.7 Å². The molecule has 0 saturated carbocycles. The Labute approximate surface area is 243 Å². The van der Waals surface area contributed by atoms with Gasteiger partial charge in [0.15, 0.2) is 17.3 Å². The highest BCUT2D eigenvalue weighted by Gasteiger charge is 2.41. The van der Waals surface area contributed by atoms with E-state index in [1.807, 2.05) is 4.90 Å². The van der Waals surface area contributed by atoms with E-state index in [1.54, 1.807) is 57.3 Å². The minimum atomic E-state index is -1.36. The largest absolute Gasteiger partial charge is 0.480 e. The summed E-state index contributed by atoms with van der Waals surface area (Å²) in [6, 6.07) is -0.662. The normalized spacial score (nSPS) is 25.9. The molecule has 2 aromatic heterocycles. The predicted octanol–water partition coefficient (Wildman–Crippen LogP) is 1.99. The summed E-state index contributed by atoms with van der Waals surface area (Å²) in [6.45, 7) is 9.82. The first-order valence-electron chi connectivity index (χ1n) is 13.7. The van der Waals surface area contributed by atoms with Gasteiger partial charge in [0.25, 0.3) is 0 Å². The minimum absolute atomic E-state index is 0.0956. The number of nitrogens with one attached hydrogen (secondary N) is 1. The van der Waals surface area contributed by atoms with E-state index in [-0.39, 0.29) is 17.2 Å². The van der Waals surface area contributed by atoms with Crippen molar-refractivity contribution < 1.29 is 34.0 Å². The number of alkyl carbamates (subject to hydrolysis) is 1. The van der Waals surface area contributed by atoms with Crippen molar-refractivity contribution in [1.82, 2.24) is 29.7 Å². The van der Waals surface area contributed by atoms with Crippen LogP contribution in [0, 0.1) is 0 Å². The zero-order valence-electron chi connectivity index (χ0n) is 24.1. The van der Waals surface area contributed by atoms with Crippen LogP contribution in [0.3, 0.4) is 0 Å². The Bertz CT molecular complexity index is 1210. The summed E-state index contributed by atoms with van der Waals surface area (Å²) < 4.78 is 19.4. The third-order valence-electron chi connectivity index (χ3n) is 6.83. The molecule has 14 nitrogen and oxygen atoms in total. The number of imidazole rings is 1. The number of fused-ring (bicyclic) bond motifs is 1. The zero-order valence-corrected chi connectivity index (χ0v) is 25.0. The highest BCUT2D eigenvalue weighted by Crippen LogP contribution is 2.38. The SMILES string of the molecule is CC(C)(C)OC(=O)NCCN1CCC(SC[C@H]2O[C@@H](n3cnc4c(N)ncnc43)C[C@H]2OC(C)(C)O)CC1C(=O)O. The molecule has 228 valence electrons. The van der Waals surface area contributed by atoms with Crippen LogP contribution in [0.4, 0.5) is 10.6 Å². The number of amides is 1. The highest BCUT2D eigenvalue weighted by molar-refractivity contribution is 7.99. The molecule has 0 aliphatic carbocycles. The number of anilines is 1. The molecule has 4 rings (SSSR count). The Morgan fingerprint density at radius 2 is 1.98 bits per heavy atom. The Morgan fingerprint density at radius 1 is 1.22 bits per heavy atom. The monoisotopic (exact) mass is 595 g/mol. The first-order valence-corrected chi connectivity index (χ1v) is 14.8. The van der Waals surface area contributed by atoms with Crippen LogP contribution in [-0.2, 0) is 19.0 Å². The molecular weight excluding hydrogens is 554 g/mol. The fourth-order valence-electron chi connectivity index (χ4n) is 5.10. The number of carboxylic acid groups (broad SMARTS) is 1. The van der Waals surface area contributed by atoms with Gasteiger partial charge in [-0.15, -0.1) is 0 Å². The zero-order chi connectivity index (χ0) is 29.9. The van der Waals surface area contributed by atoms with Gasteiger partial charge >= 0.3 is 12.1 Å². The Hall–Kier alpha value is -2.72. The lowest BCUT2D eigenvalue weighted by Gasteiger charge is -2.37. The minimum Gasteiger partial charge on any atom is -0.480 e. The van der Waals surface area contributed by atoms with Crippen LogP contribution in [0.25, 0.3) is 11.2 Å². The first kappa shape index (κ1) is 31.2. The van der Waals surface area contributed by atoms with Crippen molar-refractivity contribution in [1.29, 1.82) is 0 Å². The Balaban J connectivity index is 1.35. The summed E-state index contributed by atoms with van der Waals surface area (Å²) >= 11 is 1.65. The van der Waals surface area contributed by atoms with E-state index in [9.17, 15) is 19.8 Å². The van der Waals surface area contributed by atoms with Crippen molar-refractivity contribution in [2.24, 2.45) is 0 Å². The number of aliphatic hydroxyl groups is 1. The van der Waals surface area contributed by atoms with E-state index in [1.165, 1.54) is 6.33 Å². The quantitative estimate of drug-likeness (QED) is 0.292. The summed E-state index contributed by atoms with van der Waals surface area (Å²) in [5.41, 5.74) is 6.38. The molecule has 2 aromatic rings. The molecule has 0 radical (unpaired) electrons. The number of thioether (sulfide) groups is 1. The maximum Gasteiger partial charge on any atom is 0.407 e. The van der Waals surface area contributed by atoms with Gasteiger partial charge in [0.05, 0.1) is 18.5 Å². The Kier molecular flexibility index (Phi) is 9.63. The fraction of sp³-hybridized carbons (Fsp3) is 0.731. The summed E-state index contributed by atoms with van der Waals surface area (Å²) in [5, 5.41) is 23.1. The van der Waals surface area contributed by atoms with Crippen LogP contribution in [0.15, 0.2) is 12.7 Å². The molecule has 0 bridgehead atoms. The van der Waals surface area contributed by atoms with Crippen molar-refractivity contribution in [3.63, 3.8) is 0 Å². The molecule has 1 amide bonds. The average molecular weight is 596 g/mol. The van der Waals surface area contributed by atoms with E-state index in [0.29, 0.717) is 49.4 Å². The maximum atomic E-state index is 12.1. The maximum absolute atomic E-state index is 12.1. The summed E-state index contributed by atoms with van der Waals surface area (Å²) in [7, 11) is 0. The number of carboxylic acids is 1. The lowest BCUT2D eigenvalue weighted by Crippen LogP contribution is -2.50. The fourth-order valence-corrected chi connectivity index (χ4v) is 6.45. The van der Waals surface area contributed by atoms with Gasteiger partial charge in [0, 0.05) is 37.1 Å². The molecule has 4 heterocycles. The number of aromatic nitrogens is 4. The first-order chi connectivity index (χ1) is 19.2. The number of nitrogens with zero attached hydrogens (tertiary/aromatic N) is 5. The number of carbonyl (C=O) groups is 2. The lowest BCUT2D eigenvalue weighted by molar-refractivity contribution is -0.212. The molecule has 0 spiro atoms. The van der Waals surface area contributed by atoms with E-state index >= 15 is 0 Å². The van der Waals surface area contributed by atoms with Crippen LogP contribution in [0.1, 0.15) is 60.1 Å². The lowest BCUT2D eigenvalue weighted by atomic mass is 10.0. The summed E-state index contributed by atoms with van der Waals surface area (Å²) in [5.74, 6) is -1.41. The van der Waals surface area contributed by atoms with Gasteiger partial charge in [-0.3, -0.25) is 14.3 Å². The van der Waals surface area contributed by atoms with E-state index in [4.69, 9.17) is 19.9 Å². The average Bonchev–Trinajstić information content (AvgIpc) is 3.45. The molecule has 15 heteroatoms. The van der Waals surface area contributed by atoms with Crippen LogP contribution in [0.2, 0.25) is 0 Å². The van der Waals surface area contributed by atoms with Gasteiger partial charge in [-0.05, 0) is 47.5 Å². The van der Waals surface area contributed by atoms with Crippen molar-refractivity contribution in [2.75, 3.05) is 31.1 Å². The molecule has 2 unspecified atom stereocenters. The summed E-state index contributed by atoms with van der Waals surface area (Å²) in [4.78, 5) is 38.6. The number of hydrogen-bond donors (Lipinski definition) is 4. The van der Waals surface area contributed by atoms with Crippen molar-refractivity contribution in [3.05, 3.63) is 12.7 Å².